The quantitative estimate of drug-likeness (QED) is 0.894. The SMILES string of the molecule is CCC(Cc1ccc2c(c1)OCO2)N1CCNCC1. The van der Waals surface area contributed by atoms with Crippen molar-refractivity contribution in [2.45, 2.75) is 25.8 Å². The zero-order valence-electron chi connectivity index (χ0n) is 11.5. The number of fused-ring (bicyclic) bond motifs is 1. The Hall–Kier alpha value is -1.26. The average molecular weight is 262 g/mol. The second kappa shape index (κ2) is 5.80. The van der Waals surface area contributed by atoms with Crippen molar-refractivity contribution in [2.24, 2.45) is 0 Å². The number of piperazine rings is 1. The lowest BCUT2D eigenvalue weighted by atomic mass is 10.0. The lowest BCUT2D eigenvalue weighted by Crippen LogP contribution is -2.48. The standard InChI is InChI=1S/C15H22N2O2/c1-2-13(17-7-5-16-6-8-17)9-12-3-4-14-15(10-12)19-11-18-14/h3-4,10,13,16H,2,5-9,11H2,1H3. The molecule has 19 heavy (non-hydrogen) atoms. The van der Waals surface area contributed by atoms with Gasteiger partial charge in [-0.3, -0.25) is 4.90 Å². The maximum atomic E-state index is 5.45. The van der Waals surface area contributed by atoms with Crippen LogP contribution in [-0.4, -0.2) is 43.9 Å². The highest BCUT2D eigenvalue weighted by atomic mass is 16.7. The third-order valence-electron chi connectivity index (χ3n) is 4.05. The lowest BCUT2D eigenvalue weighted by Gasteiger charge is -2.34. The first kappa shape index (κ1) is 12.8. The summed E-state index contributed by atoms with van der Waals surface area (Å²) in [6.07, 6.45) is 2.28. The van der Waals surface area contributed by atoms with Gasteiger partial charge in [-0.05, 0) is 30.5 Å². The molecule has 0 aromatic heterocycles. The Bertz CT molecular complexity index is 430. The normalized spacial score (nSPS) is 20.5. The summed E-state index contributed by atoms with van der Waals surface area (Å²) >= 11 is 0. The molecular weight excluding hydrogens is 240 g/mol. The molecule has 2 aliphatic rings. The van der Waals surface area contributed by atoms with Crippen LogP contribution in [0.3, 0.4) is 0 Å². The number of ether oxygens (including phenoxy) is 2. The zero-order chi connectivity index (χ0) is 13.1. The first-order chi connectivity index (χ1) is 9.36. The topological polar surface area (TPSA) is 33.7 Å². The van der Waals surface area contributed by atoms with Crippen molar-refractivity contribution in [1.82, 2.24) is 10.2 Å². The third kappa shape index (κ3) is 2.85. The highest BCUT2D eigenvalue weighted by Gasteiger charge is 2.20. The minimum Gasteiger partial charge on any atom is -0.454 e. The van der Waals surface area contributed by atoms with Crippen LogP contribution in [0, 0.1) is 0 Å². The summed E-state index contributed by atoms with van der Waals surface area (Å²) in [5.41, 5.74) is 1.34. The number of hydrogen-bond donors (Lipinski definition) is 1. The van der Waals surface area contributed by atoms with Crippen molar-refractivity contribution in [1.29, 1.82) is 0 Å². The summed E-state index contributed by atoms with van der Waals surface area (Å²) in [5, 5.41) is 3.41. The molecule has 1 N–H and O–H groups in total. The molecule has 3 rings (SSSR count). The summed E-state index contributed by atoms with van der Waals surface area (Å²) < 4.78 is 10.8. The van der Waals surface area contributed by atoms with E-state index in [0.717, 1.165) is 44.1 Å². The monoisotopic (exact) mass is 262 g/mol. The van der Waals surface area contributed by atoms with E-state index in [-0.39, 0.29) is 0 Å². The predicted molar refractivity (Wildman–Crippen MR) is 74.8 cm³/mol. The summed E-state index contributed by atoms with van der Waals surface area (Å²) in [7, 11) is 0. The Labute approximate surface area is 114 Å². The molecule has 0 aliphatic carbocycles. The molecule has 1 atom stereocenters. The van der Waals surface area contributed by atoms with Crippen molar-refractivity contribution >= 4 is 0 Å². The molecule has 4 nitrogen and oxygen atoms in total. The van der Waals surface area contributed by atoms with E-state index in [1.54, 1.807) is 0 Å². The summed E-state index contributed by atoms with van der Waals surface area (Å²) in [6.45, 7) is 7.16. The van der Waals surface area contributed by atoms with E-state index < -0.39 is 0 Å². The van der Waals surface area contributed by atoms with Crippen LogP contribution in [0.5, 0.6) is 11.5 Å². The van der Waals surface area contributed by atoms with Crippen molar-refractivity contribution in [2.75, 3.05) is 33.0 Å². The van der Waals surface area contributed by atoms with E-state index in [9.17, 15) is 0 Å². The van der Waals surface area contributed by atoms with Gasteiger partial charge in [0.05, 0.1) is 0 Å². The van der Waals surface area contributed by atoms with Crippen molar-refractivity contribution in [3.63, 3.8) is 0 Å². The van der Waals surface area contributed by atoms with Gasteiger partial charge in [-0.1, -0.05) is 13.0 Å². The number of hydrogen-bond acceptors (Lipinski definition) is 4. The number of nitrogens with zero attached hydrogens (tertiary/aromatic N) is 1. The third-order valence-corrected chi connectivity index (χ3v) is 4.05. The van der Waals surface area contributed by atoms with Gasteiger partial charge < -0.3 is 14.8 Å². The highest BCUT2D eigenvalue weighted by Crippen LogP contribution is 2.33. The maximum Gasteiger partial charge on any atom is 0.231 e. The van der Waals surface area contributed by atoms with Gasteiger partial charge >= 0.3 is 0 Å². The van der Waals surface area contributed by atoms with Gasteiger partial charge in [-0.15, -0.1) is 0 Å². The molecule has 1 aromatic rings. The van der Waals surface area contributed by atoms with Crippen molar-refractivity contribution < 1.29 is 9.47 Å². The Morgan fingerprint density at radius 2 is 2.00 bits per heavy atom. The first-order valence-corrected chi connectivity index (χ1v) is 7.20. The van der Waals surface area contributed by atoms with Gasteiger partial charge in [0.15, 0.2) is 11.5 Å². The fourth-order valence-corrected chi connectivity index (χ4v) is 2.92. The Morgan fingerprint density at radius 3 is 2.79 bits per heavy atom. The van der Waals surface area contributed by atoms with E-state index in [0.29, 0.717) is 12.8 Å². The van der Waals surface area contributed by atoms with Crippen molar-refractivity contribution in [3.8, 4) is 11.5 Å². The molecule has 0 bridgehead atoms. The Balaban J connectivity index is 1.68. The molecule has 1 saturated heterocycles. The van der Waals surface area contributed by atoms with Crippen LogP contribution in [0.2, 0.25) is 0 Å². The largest absolute Gasteiger partial charge is 0.454 e. The van der Waals surface area contributed by atoms with Crippen LogP contribution in [0.15, 0.2) is 18.2 Å². The minimum atomic E-state index is 0.355. The zero-order valence-corrected chi connectivity index (χ0v) is 11.5. The molecule has 2 aliphatic heterocycles. The molecule has 0 spiro atoms. The van der Waals surface area contributed by atoms with E-state index in [4.69, 9.17) is 9.47 Å². The van der Waals surface area contributed by atoms with E-state index in [1.807, 2.05) is 6.07 Å². The van der Waals surface area contributed by atoms with E-state index in [1.165, 1.54) is 12.0 Å². The smallest absolute Gasteiger partial charge is 0.231 e. The number of benzene rings is 1. The van der Waals surface area contributed by atoms with Gasteiger partial charge in [0.2, 0.25) is 6.79 Å². The second-order valence-electron chi connectivity index (χ2n) is 5.24. The van der Waals surface area contributed by atoms with Crippen LogP contribution < -0.4 is 14.8 Å². The minimum absolute atomic E-state index is 0.355. The van der Waals surface area contributed by atoms with Gasteiger partial charge in [0.1, 0.15) is 0 Å². The van der Waals surface area contributed by atoms with Crippen LogP contribution in [0.25, 0.3) is 0 Å². The van der Waals surface area contributed by atoms with Crippen LogP contribution in [-0.2, 0) is 6.42 Å². The molecular formula is C15H22N2O2. The maximum absolute atomic E-state index is 5.45. The van der Waals surface area contributed by atoms with Crippen LogP contribution in [0.1, 0.15) is 18.9 Å². The van der Waals surface area contributed by atoms with Crippen molar-refractivity contribution in [3.05, 3.63) is 23.8 Å². The molecule has 1 fully saturated rings. The lowest BCUT2D eigenvalue weighted by molar-refractivity contribution is 0.167. The van der Waals surface area contributed by atoms with Crippen LogP contribution in [0.4, 0.5) is 0 Å². The highest BCUT2D eigenvalue weighted by molar-refractivity contribution is 5.44. The summed E-state index contributed by atoms with van der Waals surface area (Å²) in [6, 6.07) is 6.95. The van der Waals surface area contributed by atoms with Gasteiger partial charge in [-0.25, -0.2) is 0 Å². The number of rotatable bonds is 4. The Morgan fingerprint density at radius 1 is 1.21 bits per heavy atom. The molecule has 1 aromatic carbocycles. The van der Waals surface area contributed by atoms with Crippen LogP contribution >= 0.6 is 0 Å². The summed E-state index contributed by atoms with van der Waals surface area (Å²) in [5.74, 6) is 1.77. The number of nitrogens with one attached hydrogen (secondary N) is 1. The fourth-order valence-electron chi connectivity index (χ4n) is 2.92. The van der Waals surface area contributed by atoms with Gasteiger partial charge in [0, 0.05) is 32.2 Å². The summed E-state index contributed by atoms with van der Waals surface area (Å²) in [4.78, 5) is 2.60. The average Bonchev–Trinajstić information content (AvgIpc) is 2.93. The predicted octanol–water partition coefficient (Wildman–Crippen LogP) is 1.64. The molecule has 4 heteroatoms. The molecule has 1 unspecified atom stereocenters. The molecule has 2 heterocycles. The second-order valence-corrected chi connectivity index (χ2v) is 5.24. The molecule has 0 amide bonds. The van der Waals surface area contributed by atoms with E-state index >= 15 is 0 Å². The fraction of sp³-hybridized carbons (Fsp3) is 0.600. The first-order valence-electron chi connectivity index (χ1n) is 7.20. The Kier molecular flexibility index (Phi) is 3.89. The van der Waals surface area contributed by atoms with E-state index in [2.05, 4.69) is 29.3 Å². The molecule has 0 saturated carbocycles. The van der Waals surface area contributed by atoms with Gasteiger partial charge in [-0.2, -0.15) is 0 Å². The van der Waals surface area contributed by atoms with Gasteiger partial charge in [0.25, 0.3) is 0 Å². The molecule has 0 radical (unpaired) electrons. The molecule has 104 valence electrons.